The van der Waals surface area contributed by atoms with E-state index in [1.807, 2.05) is 4.94 Å². The SMILES string of the molecule is O=C(CCCCCN1C(=O)C=CC1=O)NNCl. The maximum absolute atomic E-state index is 11.2. The van der Waals surface area contributed by atoms with Gasteiger partial charge in [0.1, 0.15) is 0 Å². The van der Waals surface area contributed by atoms with Crippen molar-refractivity contribution in [3.8, 4) is 0 Å². The van der Waals surface area contributed by atoms with Crippen molar-refractivity contribution in [1.29, 1.82) is 0 Å². The highest BCUT2D eigenvalue weighted by Gasteiger charge is 2.22. The fourth-order valence-corrected chi connectivity index (χ4v) is 1.60. The minimum Gasteiger partial charge on any atom is -0.277 e. The van der Waals surface area contributed by atoms with Crippen LogP contribution >= 0.6 is 11.8 Å². The monoisotopic (exact) mass is 259 g/mol. The molecule has 17 heavy (non-hydrogen) atoms. The van der Waals surface area contributed by atoms with E-state index < -0.39 is 0 Å². The molecule has 7 heteroatoms. The Morgan fingerprint density at radius 2 is 1.82 bits per heavy atom. The highest BCUT2D eigenvalue weighted by Crippen LogP contribution is 2.07. The van der Waals surface area contributed by atoms with Crippen molar-refractivity contribution in [3.05, 3.63) is 12.2 Å². The third kappa shape index (κ3) is 4.54. The molecule has 0 saturated carbocycles. The molecule has 0 atom stereocenters. The second-order valence-electron chi connectivity index (χ2n) is 3.61. The summed E-state index contributed by atoms with van der Waals surface area (Å²) in [6.07, 6.45) is 5.05. The topological polar surface area (TPSA) is 78.5 Å². The van der Waals surface area contributed by atoms with E-state index >= 15 is 0 Å². The molecule has 0 spiro atoms. The zero-order valence-corrected chi connectivity index (χ0v) is 10.00. The van der Waals surface area contributed by atoms with E-state index in [0.29, 0.717) is 25.8 Å². The van der Waals surface area contributed by atoms with Gasteiger partial charge in [0.25, 0.3) is 11.8 Å². The van der Waals surface area contributed by atoms with Gasteiger partial charge in [-0.05, 0) is 24.6 Å². The second-order valence-corrected chi connectivity index (χ2v) is 3.80. The summed E-state index contributed by atoms with van der Waals surface area (Å²) < 4.78 is 0. The van der Waals surface area contributed by atoms with Crippen molar-refractivity contribution in [1.82, 2.24) is 15.3 Å². The summed E-state index contributed by atoms with van der Waals surface area (Å²) >= 11 is 5.08. The lowest BCUT2D eigenvalue weighted by atomic mass is 10.2. The zero-order valence-electron chi connectivity index (χ0n) is 9.24. The summed E-state index contributed by atoms with van der Waals surface area (Å²) in [5, 5.41) is 0. The number of halogens is 1. The fraction of sp³-hybridized carbons (Fsp3) is 0.500. The van der Waals surface area contributed by atoms with E-state index in [9.17, 15) is 14.4 Å². The number of hydrazine groups is 1. The zero-order chi connectivity index (χ0) is 12.7. The number of nitrogens with one attached hydrogen (secondary N) is 2. The average Bonchev–Trinajstić information content (AvgIpc) is 2.60. The average molecular weight is 260 g/mol. The largest absolute Gasteiger partial charge is 0.277 e. The van der Waals surface area contributed by atoms with E-state index in [2.05, 4.69) is 5.43 Å². The molecular formula is C10H14ClN3O3. The van der Waals surface area contributed by atoms with E-state index in [1.54, 1.807) is 0 Å². The van der Waals surface area contributed by atoms with Gasteiger partial charge in [-0.1, -0.05) is 6.42 Å². The minimum absolute atomic E-state index is 0.185. The number of carbonyl (C=O) groups is 3. The van der Waals surface area contributed by atoms with Crippen LogP contribution in [0.3, 0.4) is 0 Å². The first kappa shape index (κ1) is 13.7. The molecular weight excluding hydrogens is 246 g/mol. The molecule has 0 aromatic heterocycles. The number of unbranched alkanes of at least 4 members (excludes halogenated alkanes) is 2. The lowest BCUT2D eigenvalue weighted by Gasteiger charge is -2.12. The molecule has 0 aromatic carbocycles. The number of rotatable bonds is 7. The Hall–Kier alpha value is -1.40. The Morgan fingerprint density at radius 3 is 2.41 bits per heavy atom. The number of nitrogens with zero attached hydrogens (tertiary/aromatic N) is 1. The molecule has 3 amide bonds. The Balaban J connectivity index is 2.07. The van der Waals surface area contributed by atoms with E-state index in [1.165, 1.54) is 17.1 Å². The second kappa shape index (κ2) is 7.03. The summed E-state index contributed by atoms with van der Waals surface area (Å²) in [6, 6.07) is 0. The Labute approximate surface area is 104 Å². The van der Waals surface area contributed by atoms with Gasteiger partial charge in [-0.25, -0.2) is 0 Å². The van der Waals surface area contributed by atoms with Crippen LogP contribution in [0.25, 0.3) is 0 Å². The van der Waals surface area contributed by atoms with Crippen molar-refractivity contribution in [2.75, 3.05) is 6.54 Å². The molecule has 0 radical (unpaired) electrons. The van der Waals surface area contributed by atoms with Crippen LogP contribution in [-0.2, 0) is 14.4 Å². The number of amides is 3. The van der Waals surface area contributed by atoms with Crippen molar-refractivity contribution >= 4 is 29.5 Å². The third-order valence-electron chi connectivity index (χ3n) is 2.37. The van der Waals surface area contributed by atoms with Crippen LogP contribution in [0, 0.1) is 0 Å². The molecule has 1 heterocycles. The fourth-order valence-electron chi connectivity index (χ4n) is 1.50. The lowest BCUT2D eigenvalue weighted by Crippen LogP contribution is -2.31. The minimum atomic E-state index is -0.265. The molecule has 1 aliphatic rings. The molecule has 0 aromatic rings. The van der Waals surface area contributed by atoms with E-state index in [4.69, 9.17) is 11.8 Å². The van der Waals surface area contributed by atoms with Gasteiger partial charge in [0.2, 0.25) is 5.91 Å². The third-order valence-corrected chi connectivity index (χ3v) is 2.47. The summed E-state index contributed by atoms with van der Waals surface area (Å²) in [7, 11) is 0. The summed E-state index contributed by atoms with van der Waals surface area (Å²) in [5.41, 5.74) is 2.24. The highest BCUT2D eigenvalue weighted by atomic mass is 35.5. The van der Waals surface area contributed by atoms with Crippen LogP contribution in [0.1, 0.15) is 25.7 Å². The van der Waals surface area contributed by atoms with E-state index in [-0.39, 0.29) is 17.7 Å². The summed E-state index contributed by atoms with van der Waals surface area (Å²) in [4.78, 5) is 36.6. The summed E-state index contributed by atoms with van der Waals surface area (Å²) in [6.45, 7) is 0.403. The number of hydrogen-bond acceptors (Lipinski definition) is 4. The maximum Gasteiger partial charge on any atom is 0.253 e. The van der Waals surface area contributed by atoms with Crippen molar-refractivity contribution < 1.29 is 14.4 Å². The normalized spacial score (nSPS) is 14.5. The van der Waals surface area contributed by atoms with Gasteiger partial charge >= 0.3 is 0 Å². The predicted molar refractivity (Wildman–Crippen MR) is 61.5 cm³/mol. The van der Waals surface area contributed by atoms with Gasteiger partial charge in [0.15, 0.2) is 0 Å². The van der Waals surface area contributed by atoms with Gasteiger partial charge in [0, 0.05) is 25.1 Å². The van der Waals surface area contributed by atoms with Crippen LogP contribution in [0.4, 0.5) is 0 Å². The summed E-state index contributed by atoms with van der Waals surface area (Å²) in [5.74, 6) is -0.715. The standard InChI is InChI=1S/C10H14ClN3O3/c11-13-12-8(15)4-2-1-3-7-14-9(16)5-6-10(14)17/h5-6,13H,1-4,7H2,(H,12,15). The molecule has 6 nitrogen and oxygen atoms in total. The van der Waals surface area contributed by atoms with E-state index in [0.717, 1.165) is 6.42 Å². The van der Waals surface area contributed by atoms with Crippen molar-refractivity contribution in [2.24, 2.45) is 0 Å². The van der Waals surface area contributed by atoms with Gasteiger partial charge in [-0.2, -0.15) is 0 Å². The molecule has 1 aliphatic heterocycles. The molecule has 0 unspecified atom stereocenters. The number of hydrogen-bond donors (Lipinski definition) is 2. The smallest absolute Gasteiger partial charge is 0.253 e. The predicted octanol–water partition coefficient (Wildman–Crippen LogP) is 0.246. The van der Waals surface area contributed by atoms with Gasteiger partial charge in [-0.15, -0.1) is 4.94 Å². The molecule has 0 saturated heterocycles. The van der Waals surface area contributed by atoms with Crippen LogP contribution < -0.4 is 10.4 Å². The Kier molecular flexibility index (Phi) is 5.65. The first-order valence-corrected chi connectivity index (χ1v) is 5.71. The van der Waals surface area contributed by atoms with Gasteiger partial charge in [0.05, 0.1) is 0 Å². The van der Waals surface area contributed by atoms with Crippen LogP contribution in [-0.4, -0.2) is 29.2 Å². The lowest BCUT2D eigenvalue weighted by molar-refractivity contribution is -0.136. The highest BCUT2D eigenvalue weighted by molar-refractivity contribution is 6.13. The molecule has 1 rings (SSSR count). The molecule has 0 fully saturated rings. The quantitative estimate of drug-likeness (QED) is 0.297. The van der Waals surface area contributed by atoms with Gasteiger partial charge < -0.3 is 0 Å². The van der Waals surface area contributed by atoms with Gasteiger partial charge in [-0.3, -0.25) is 24.7 Å². The molecule has 2 N–H and O–H groups in total. The number of imide groups is 1. The molecule has 94 valence electrons. The Morgan fingerprint density at radius 1 is 1.18 bits per heavy atom. The molecule has 0 bridgehead atoms. The van der Waals surface area contributed by atoms with Crippen LogP contribution in [0.2, 0.25) is 0 Å². The van der Waals surface area contributed by atoms with Crippen molar-refractivity contribution in [2.45, 2.75) is 25.7 Å². The Bertz CT molecular complexity index is 326. The van der Waals surface area contributed by atoms with Crippen LogP contribution in [0.15, 0.2) is 12.2 Å². The van der Waals surface area contributed by atoms with Crippen LogP contribution in [0.5, 0.6) is 0 Å². The number of carbonyl (C=O) groups excluding carboxylic acids is 3. The molecule has 0 aliphatic carbocycles. The first-order chi connectivity index (χ1) is 8.15. The van der Waals surface area contributed by atoms with Crippen molar-refractivity contribution in [3.63, 3.8) is 0 Å². The maximum atomic E-state index is 11.2. The first-order valence-electron chi connectivity index (χ1n) is 5.33.